The number of aryl methyl sites for hydroxylation is 1. The van der Waals surface area contributed by atoms with Crippen molar-refractivity contribution in [2.24, 2.45) is 0 Å². The molecule has 0 unspecified atom stereocenters. The average Bonchev–Trinajstić information content (AvgIpc) is 2.96. The highest BCUT2D eigenvalue weighted by atomic mass is 35.5. The molecule has 1 N–H and O–H groups in total. The van der Waals surface area contributed by atoms with E-state index >= 15 is 0 Å². The van der Waals surface area contributed by atoms with Gasteiger partial charge in [0.05, 0.1) is 11.4 Å². The van der Waals surface area contributed by atoms with Crippen LogP contribution in [0.2, 0.25) is 5.02 Å². The van der Waals surface area contributed by atoms with E-state index in [1.165, 1.54) is 0 Å². The van der Waals surface area contributed by atoms with Gasteiger partial charge in [-0.1, -0.05) is 29.4 Å². The van der Waals surface area contributed by atoms with Gasteiger partial charge in [-0.15, -0.1) is 0 Å². The fourth-order valence-corrected chi connectivity index (χ4v) is 3.69. The van der Waals surface area contributed by atoms with Gasteiger partial charge in [0.2, 0.25) is 0 Å². The van der Waals surface area contributed by atoms with Gasteiger partial charge < -0.3 is 4.98 Å². The molecule has 0 radical (unpaired) electrons. The predicted octanol–water partition coefficient (Wildman–Crippen LogP) is 5.74. The van der Waals surface area contributed by atoms with Gasteiger partial charge in [0, 0.05) is 32.6 Å². The molecule has 0 atom stereocenters. The lowest BCUT2D eigenvalue weighted by atomic mass is 10.2. The Morgan fingerprint density at radius 2 is 1.83 bits per heavy atom. The summed E-state index contributed by atoms with van der Waals surface area (Å²) in [6.45, 7) is 2.03. The average molecular weight is 352 g/mol. The van der Waals surface area contributed by atoms with Crippen molar-refractivity contribution >= 4 is 34.4 Å². The lowest BCUT2D eigenvalue weighted by Gasteiger charge is -2.05. The Bertz CT molecular complexity index is 991. The molecule has 24 heavy (non-hydrogen) atoms. The Morgan fingerprint density at radius 3 is 2.58 bits per heavy atom. The van der Waals surface area contributed by atoms with Gasteiger partial charge in [-0.3, -0.25) is 4.98 Å². The van der Waals surface area contributed by atoms with Crippen molar-refractivity contribution in [3.8, 4) is 11.4 Å². The van der Waals surface area contributed by atoms with Crippen molar-refractivity contribution in [1.82, 2.24) is 15.0 Å². The minimum absolute atomic E-state index is 0.736. The number of halogens is 1. The maximum Gasteiger partial charge on any atom is 0.138 e. The molecule has 0 fully saturated rings. The van der Waals surface area contributed by atoms with Crippen LogP contribution in [0.4, 0.5) is 0 Å². The maximum absolute atomic E-state index is 6.00. The lowest BCUT2D eigenvalue weighted by Crippen LogP contribution is -1.86. The summed E-state index contributed by atoms with van der Waals surface area (Å²) in [4.78, 5) is 14.7. The Hall–Kier alpha value is -2.30. The van der Waals surface area contributed by atoms with Crippen LogP contribution in [0.5, 0.6) is 0 Å². The number of nitrogens with one attached hydrogen (secondary N) is 1. The third kappa shape index (κ3) is 2.90. The summed E-state index contributed by atoms with van der Waals surface area (Å²) in [7, 11) is 0. The Kier molecular flexibility index (Phi) is 4.00. The van der Waals surface area contributed by atoms with E-state index in [0.29, 0.717) is 0 Å². The van der Waals surface area contributed by atoms with E-state index in [0.717, 1.165) is 42.8 Å². The molecule has 0 aliphatic rings. The molecule has 0 aliphatic heterocycles. The third-order valence-corrected chi connectivity index (χ3v) is 5.11. The van der Waals surface area contributed by atoms with Crippen LogP contribution in [0, 0.1) is 6.92 Å². The van der Waals surface area contributed by atoms with Gasteiger partial charge in [-0.2, -0.15) is 0 Å². The van der Waals surface area contributed by atoms with Crippen LogP contribution in [0.3, 0.4) is 0 Å². The monoisotopic (exact) mass is 351 g/mol. The molecule has 3 heterocycles. The number of hydrogen-bond acceptors (Lipinski definition) is 3. The summed E-state index contributed by atoms with van der Waals surface area (Å²) < 4.78 is 0. The molecule has 0 bridgehead atoms. The summed E-state index contributed by atoms with van der Waals surface area (Å²) in [5.41, 5.74) is 3.91. The molecular weight excluding hydrogens is 338 g/mol. The van der Waals surface area contributed by atoms with Gasteiger partial charge in [-0.05, 0) is 55.0 Å². The molecular formula is C19H14ClN3S. The van der Waals surface area contributed by atoms with Crippen LogP contribution in [-0.2, 0) is 0 Å². The minimum Gasteiger partial charge on any atom is -0.337 e. The highest BCUT2D eigenvalue weighted by Gasteiger charge is 2.16. The zero-order chi connectivity index (χ0) is 16.5. The summed E-state index contributed by atoms with van der Waals surface area (Å²) in [6.07, 6.45) is 3.67. The van der Waals surface area contributed by atoms with E-state index in [9.17, 15) is 0 Å². The van der Waals surface area contributed by atoms with E-state index in [-0.39, 0.29) is 0 Å². The van der Waals surface area contributed by atoms with Crippen LogP contribution in [-0.4, -0.2) is 15.0 Å². The van der Waals surface area contributed by atoms with Gasteiger partial charge in [0.1, 0.15) is 5.65 Å². The summed E-state index contributed by atoms with van der Waals surface area (Å²) in [5.74, 6) is 0. The van der Waals surface area contributed by atoms with Gasteiger partial charge in [0.15, 0.2) is 0 Å². The first-order valence-corrected chi connectivity index (χ1v) is 8.73. The number of hydrogen-bond donors (Lipinski definition) is 1. The largest absolute Gasteiger partial charge is 0.337 e. The first kappa shape index (κ1) is 15.2. The van der Waals surface area contributed by atoms with E-state index in [2.05, 4.69) is 27.1 Å². The molecule has 0 amide bonds. The van der Waals surface area contributed by atoms with Crippen molar-refractivity contribution in [2.75, 3.05) is 0 Å². The standard InChI is InChI=1S/C19H14ClN3S/c1-12-4-9-16(22-11-12)17-18(15-3-2-10-21-19(15)23-17)24-14-7-5-13(20)6-8-14/h2-11H,1H3,(H,21,23). The normalized spacial score (nSPS) is 11.1. The Morgan fingerprint density at radius 1 is 1.00 bits per heavy atom. The van der Waals surface area contributed by atoms with Crippen LogP contribution in [0.25, 0.3) is 22.4 Å². The fraction of sp³-hybridized carbons (Fsp3) is 0.0526. The van der Waals surface area contributed by atoms with Crippen molar-refractivity contribution in [3.63, 3.8) is 0 Å². The first-order chi connectivity index (χ1) is 11.7. The van der Waals surface area contributed by atoms with Crippen molar-refractivity contribution in [2.45, 2.75) is 16.7 Å². The molecule has 1 aromatic carbocycles. The Balaban J connectivity index is 1.86. The fourth-order valence-electron chi connectivity index (χ4n) is 2.52. The summed E-state index contributed by atoms with van der Waals surface area (Å²) in [6, 6.07) is 16.0. The van der Waals surface area contributed by atoms with E-state index in [1.54, 1.807) is 18.0 Å². The molecule has 118 valence electrons. The smallest absolute Gasteiger partial charge is 0.138 e. The van der Waals surface area contributed by atoms with Crippen LogP contribution >= 0.6 is 23.4 Å². The molecule has 0 saturated heterocycles. The number of aromatic amines is 1. The molecule has 5 heteroatoms. The molecule has 0 aliphatic carbocycles. The lowest BCUT2D eigenvalue weighted by molar-refractivity contribution is 1.22. The van der Waals surface area contributed by atoms with Crippen molar-refractivity contribution in [1.29, 1.82) is 0 Å². The molecule has 0 spiro atoms. The van der Waals surface area contributed by atoms with E-state index in [1.807, 2.05) is 49.5 Å². The molecule has 4 rings (SSSR count). The number of H-pyrrole nitrogens is 1. The van der Waals surface area contributed by atoms with Crippen LogP contribution in [0.15, 0.2) is 70.7 Å². The molecule has 4 aromatic rings. The van der Waals surface area contributed by atoms with E-state index in [4.69, 9.17) is 11.6 Å². The van der Waals surface area contributed by atoms with Crippen molar-refractivity contribution < 1.29 is 0 Å². The second kappa shape index (κ2) is 6.30. The van der Waals surface area contributed by atoms with Gasteiger partial charge in [-0.25, -0.2) is 4.98 Å². The Labute approximate surface area is 149 Å². The summed E-state index contributed by atoms with van der Waals surface area (Å²) in [5, 5.41) is 1.83. The third-order valence-electron chi connectivity index (χ3n) is 3.72. The summed E-state index contributed by atoms with van der Waals surface area (Å²) >= 11 is 7.68. The highest BCUT2D eigenvalue weighted by molar-refractivity contribution is 7.99. The zero-order valence-corrected chi connectivity index (χ0v) is 14.5. The number of aromatic nitrogens is 3. The van der Waals surface area contributed by atoms with Crippen LogP contribution in [0.1, 0.15) is 5.56 Å². The number of nitrogens with zero attached hydrogens (tertiary/aromatic N) is 2. The predicted molar refractivity (Wildman–Crippen MR) is 99.6 cm³/mol. The number of fused-ring (bicyclic) bond motifs is 1. The number of benzene rings is 1. The molecule has 0 saturated carbocycles. The molecule has 3 nitrogen and oxygen atoms in total. The SMILES string of the molecule is Cc1ccc(-c2[nH]c3ncccc3c2Sc2ccc(Cl)cc2)nc1. The second-order valence-electron chi connectivity index (χ2n) is 5.51. The quantitative estimate of drug-likeness (QED) is 0.512. The van der Waals surface area contributed by atoms with Gasteiger partial charge >= 0.3 is 0 Å². The highest BCUT2D eigenvalue weighted by Crippen LogP contribution is 2.40. The van der Waals surface area contributed by atoms with Crippen LogP contribution < -0.4 is 0 Å². The molecule has 3 aromatic heterocycles. The maximum atomic E-state index is 6.00. The number of pyridine rings is 2. The second-order valence-corrected chi connectivity index (χ2v) is 7.03. The minimum atomic E-state index is 0.736. The van der Waals surface area contributed by atoms with Gasteiger partial charge in [0.25, 0.3) is 0 Å². The van der Waals surface area contributed by atoms with E-state index < -0.39 is 0 Å². The van der Waals surface area contributed by atoms with Crippen molar-refractivity contribution in [3.05, 3.63) is 71.5 Å². The zero-order valence-electron chi connectivity index (χ0n) is 13.0. The first-order valence-electron chi connectivity index (χ1n) is 7.54. The number of rotatable bonds is 3. The topological polar surface area (TPSA) is 41.6 Å².